The van der Waals surface area contributed by atoms with Gasteiger partial charge in [-0.1, -0.05) is 18.2 Å². The van der Waals surface area contributed by atoms with Crippen molar-refractivity contribution in [1.29, 1.82) is 0 Å². The summed E-state index contributed by atoms with van der Waals surface area (Å²) < 4.78 is 25.4. The molecule has 0 bridgehead atoms. The zero-order valence-electron chi connectivity index (χ0n) is 10.3. The number of sulfone groups is 1. The Bertz CT molecular complexity index is 604. The van der Waals surface area contributed by atoms with Gasteiger partial charge in [-0.3, -0.25) is 0 Å². The lowest BCUT2D eigenvalue weighted by Crippen LogP contribution is -2.09. The fraction of sp³-hybridized carbons (Fsp3) is 0.231. The lowest BCUT2D eigenvalue weighted by molar-refractivity contribution is 0.597. The van der Waals surface area contributed by atoms with Gasteiger partial charge in [-0.2, -0.15) is 0 Å². The van der Waals surface area contributed by atoms with Crippen LogP contribution in [0.3, 0.4) is 0 Å². The lowest BCUT2D eigenvalue weighted by atomic mass is 10.2. The van der Waals surface area contributed by atoms with Crippen LogP contribution in [0.4, 0.5) is 0 Å². The summed E-state index contributed by atoms with van der Waals surface area (Å²) in [5.41, 5.74) is 6.43. The van der Waals surface area contributed by atoms with Crippen molar-refractivity contribution in [3.8, 4) is 0 Å². The largest absolute Gasteiger partial charge is 0.326 e. The number of benzene rings is 1. The van der Waals surface area contributed by atoms with Crippen molar-refractivity contribution in [2.45, 2.75) is 15.6 Å². The third kappa shape index (κ3) is 4.07. The first-order valence-electron chi connectivity index (χ1n) is 5.80. The second-order valence-electron chi connectivity index (χ2n) is 3.95. The Morgan fingerprint density at radius 1 is 1.16 bits per heavy atom. The van der Waals surface area contributed by atoms with Crippen molar-refractivity contribution >= 4 is 32.9 Å². The van der Waals surface area contributed by atoms with Crippen LogP contribution in [0.5, 0.6) is 0 Å². The summed E-state index contributed by atoms with van der Waals surface area (Å²) in [4.78, 5) is 0.372. The van der Waals surface area contributed by atoms with E-state index in [0.29, 0.717) is 17.2 Å². The molecule has 0 aliphatic carbocycles. The summed E-state index contributed by atoms with van der Waals surface area (Å²) in [6.45, 7) is 0.425. The molecule has 0 spiro atoms. The van der Waals surface area contributed by atoms with Gasteiger partial charge in [0.15, 0.2) is 9.84 Å². The highest BCUT2D eigenvalue weighted by Gasteiger charge is 2.14. The molecule has 0 fully saturated rings. The highest BCUT2D eigenvalue weighted by Crippen LogP contribution is 2.24. The van der Waals surface area contributed by atoms with Crippen LogP contribution in [0.1, 0.15) is 5.56 Å². The summed E-state index contributed by atoms with van der Waals surface area (Å²) in [5.74, 6) is 0.721. The number of hydrogen-bond acceptors (Lipinski definition) is 5. The molecule has 102 valence electrons. The van der Waals surface area contributed by atoms with Gasteiger partial charge in [-0.25, -0.2) is 8.42 Å². The van der Waals surface area contributed by atoms with Crippen molar-refractivity contribution in [2.75, 3.05) is 11.5 Å². The summed E-state index contributed by atoms with van der Waals surface area (Å²) in [7, 11) is -3.20. The number of hydrogen-bond donors (Lipinski definition) is 1. The van der Waals surface area contributed by atoms with E-state index in [4.69, 9.17) is 5.73 Å². The van der Waals surface area contributed by atoms with Crippen LogP contribution in [0, 0.1) is 0 Å². The minimum absolute atomic E-state index is 0.150. The van der Waals surface area contributed by atoms with Gasteiger partial charge in [0, 0.05) is 12.3 Å². The molecule has 6 heteroatoms. The Labute approximate surface area is 121 Å². The highest BCUT2D eigenvalue weighted by atomic mass is 32.2. The molecular weight excluding hydrogens is 298 g/mol. The Hall–Kier alpha value is -0.820. The molecule has 0 unspecified atom stereocenters. The minimum atomic E-state index is -3.20. The lowest BCUT2D eigenvalue weighted by Gasteiger charge is -2.05. The molecule has 0 saturated carbocycles. The number of thioether (sulfide) groups is 1. The van der Waals surface area contributed by atoms with Gasteiger partial charge in [0.1, 0.15) is 0 Å². The van der Waals surface area contributed by atoms with Crippen LogP contribution < -0.4 is 5.73 Å². The van der Waals surface area contributed by atoms with Crippen molar-refractivity contribution in [3.63, 3.8) is 0 Å². The monoisotopic (exact) mass is 313 g/mol. The standard InChI is InChI=1S/C13H15NO2S3/c14-10-11-3-5-12(6-4-11)19(15,16)9-8-18-13-2-1-7-17-13/h1-7H,8-10,14H2. The van der Waals surface area contributed by atoms with E-state index >= 15 is 0 Å². The molecule has 2 aromatic rings. The SMILES string of the molecule is NCc1ccc(S(=O)(=O)CCSc2cccs2)cc1. The summed E-state index contributed by atoms with van der Waals surface area (Å²) in [6, 6.07) is 10.8. The van der Waals surface area contributed by atoms with Crippen LogP contribution in [0.15, 0.2) is 50.9 Å². The molecule has 1 heterocycles. The minimum Gasteiger partial charge on any atom is -0.326 e. The van der Waals surface area contributed by atoms with Crippen LogP contribution in [0.2, 0.25) is 0 Å². The Morgan fingerprint density at radius 2 is 1.89 bits per heavy atom. The normalized spacial score (nSPS) is 11.6. The smallest absolute Gasteiger partial charge is 0.179 e. The van der Waals surface area contributed by atoms with E-state index in [0.717, 1.165) is 9.77 Å². The van der Waals surface area contributed by atoms with Crippen LogP contribution in [-0.2, 0) is 16.4 Å². The average molecular weight is 313 g/mol. The molecule has 3 nitrogen and oxygen atoms in total. The first-order valence-corrected chi connectivity index (χ1v) is 9.31. The summed E-state index contributed by atoms with van der Waals surface area (Å²) in [5, 5.41) is 1.99. The predicted molar refractivity (Wildman–Crippen MR) is 81.4 cm³/mol. The van der Waals surface area contributed by atoms with Gasteiger partial charge >= 0.3 is 0 Å². The van der Waals surface area contributed by atoms with Crippen molar-refractivity contribution in [2.24, 2.45) is 5.73 Å². The maximum atomic E-state index is 12.1. The average Bonchev–Trinajstić information content (AvgIpc) is 2.92. The fourth-order valence-electron chi connectivity index (χ4n) is 1.55. The summed E-state index contributed by atoms with van der Waals surface area (Å²) in [6.07, 6.45) is 0. The Kier molecular flexibility index (Phi) is 5.04. The predicted octanol–water partition coefficient (Wildman–Crippen LogP) is 2.77. The van der Waals surface area contributed by atoms with E-state index in [2.05, 4.69) is 0 Å². The quantitative estimate of drug-likeness (QED) is 0.833. The number of rotatable bonds is 6. The molecule has 1 aromatic carbocycles. The second-order valence-corrected chi connectivity index (χ2v) is 8.40. The highest BCUT2D eigenvalue weighted by molar-refractivity contribution is 8.02. The van der Waals surface area contributed by atoms with Crippen LogP contribution in [0.25, 0.3) is 0 Å². The number of nitrogens with two attached hydrogens (primary N) is 1. The van der Waals surface area contributed by atoms with E-state index in [9.17, 15) is 8.42 Å². The zero-order chi connectivity index (χ0) is 13.7. The summed E-state index contributed by atoms with van der Waals surface area (Å²) >= 11 is 3.20. The van der Waals surface area contributed by atoms with Gasteiger partial charge in [-0.05, 0) is 29.1 Å². The van der Waals surface area contributed by atoms with Gasteiger partial charge in [0.2, 0.25) is 0 Å². The van der Waals surface area contributed by atoms with Gasteiger partial charge in [-0.15, -0.1) is 23.1 Å². The van der Waals surface area contributed by atoms with Crippen LogP contribution >= 0.6 is 23.1 Å². The van der Waals surface area contributed by atoms with E-state index in [1.165, 1.54) is 0 Å². The maximum absolute atomic E-state index is 12.1. The molecule has 1 aromatic heterocycles. The van der Waals surface area contributed by atoms with Crippen LogP contribution in [-0.4, -0.2) is 19.9 Å². The zero-order valence-corrected chi connectivity index (χ0v) is 12.7. The molecule has 0 aliphatic rings. The molecule has 2 N–H and O–H groups in total. The van der Waals surface area contributed by atoms with E-state index in [-0.39, 0.29) is 5.75 Å². The molecule has 19 heavy (non-hydrogen) atoms. The van der Waals surface area contributed by atoms with Gasteiger partial charge in [0.25, 0.3) is 0 Å². The van der Waals surface area contributed by atoms with E-state index < -0.39 is 9.84 Å². The van der Waals surface area contributed by atoms with Crippen molar-refractivity contribution in [3.05, 3.63) is 47.3 Å². The molecule has 2 rings (SSSR count). The van der Waals surface area contributed by atoms with E-state index in [1.807, 2.05) is 17.5 Å². The molecule has 0 radical (unpaired) electrons. The topological polar surface area (TPSA) is 60.2 Å². The second kappa shape index (κ2) is 6.56. The molecular formula is C13H15NO2S3. The molecule has 0 saturated heterocycles. The third-order valence-corrected chi connectivity index (χ3v) is 6.73. The van der Waals surface area contributed by atoms with Gasteiger partial charge < -0.3 is 5.73 Å². The molecule has 0 atom stereocenters. The first-order chi connectivity index (χ1) is 9.12. The molecule has 0 aliphatic heterocycles. The van der Waals surface area contributed by atoms with Crippen molar-refractivity contribution in [1.82, 2.24) is 0 Å². The van der Waals surface area contributed by atoms with Gasteiger partial charge in [0.05, 0.1) is 14.9 Å². The fourth-order valence-corrected chi connectivity index (χ4v) is 5.06. The third-order valence-electron chi connectivity index (χ3n) is 2.61. The van der Waals surface area contributed by atoms with Crippen molar-refractivity contribution < 1.29 is 8.42 Å². The first kappa shape index (κ1) is 14.6. The molecule has 0 amide bonds. The Morgan fingerprint density at radius 3 is 2.47 bits per heavy atom. The Balaban J connectivity index is 1.97. The number of thiophene rings is 1. The van der Waals surface area contributed by atoms with E-state index in [1.54, 1.807) is 47.4 Å². The maximum Gasteiger partial charge on any atom is 0.179 e.